The highest BCUT2D eigenvalue weighted by Crippen LogP contribution is 2.55. The maximum Gasteiger partial charge on any atom is 0.233 e. The molecule has 4 bridgehead atoms. The Morgan fingerprint density at radius 1 is 1.24 bits per heavy atom. The summed E-state index contributed by atoms with van der Waals surface area (Å²) in [6.45, 7) is 3.94. The van der Waals surface area contributed by atoms with Crippen molar-refractivity contribution in [2.75, 3.05) is 0 Å². The summed E-state index contributed by atoms with van der Waals surface area (Å²) in [5.41, 5.74) is 1.97. The summed E-state index contributed by atoms with van der Waals surface area (Å²) in [6, 6.07) is 5.88. The summed E-state index contributed by atoms with van der Waals surface area (Å²) in [7, 11) is 0. The van der Waals surface area contributed by atoms with Crippen molar-refractivity contribution in [3.63, 3.8) is 0 Å². The standard InChI is InChI=1S/C22H27ClN4OS/c1-13-3-4-18(8-19(13)23)27-12-24-26-21(27)29-14(2)20(28)25-22-9-15-5-16(10-22)7-17(6-15)11-22/h3-4,8,12,14-17H,5-7,9-11H2,1-2H3,(H,25,28). The lowest BCUT2D eigenvalue weighted by atomic mass is 9.53. The third kappa shape index (κ3) is 3.70. The molecule has 5 nitrogen and oxygen atoms in total. The van der Waals surface area contributed by atoms with E-state index in [0.29, 0.717) is 10.2 Å². The zero-order valence-corrected chi connectivity index (χ0v) is 18.5. The van der Waals surface area contributed by atoms with Crippen LogP contribution in [0.2, 0.25) is 5.02 Å². The van der Waals surface area contributed by atoms with Crippen LogP contribution in [0.3, 0.4) is 0 Å². The molecule has 1 unspecified atom stereocenters. The van der Waals surface area contributed by atoms with E-state index in [1.54, 1.807) is 6.33 Å². The minimum atomic E-state index is -0.230. The van der Waals surface area contributed by atoms with Crippen LogP contribution >= 0.6 is 23.4 Å². The largest absolute Gasteiger partial charge is 0.350 e. The molecule has 6 rings (SSSR count). The van der Waals surface area contributed by atoms with Crippen molar-refractivity contribution in [3.05, 3.63) is 35.1 Å². The minimum absolute atomic E-state index is 0.0405. The van der Waals surface area contributed by atoms with Crippen molar-refractivity contribution in [2.24, 2.45) is 17.8 Å². The fraction of sp³-hybridized carbons (Fsp3) is 0.591. The lowest BCUT2D eigenvalue weighted by molar-refractivity contribution is -0.126. The number of halogens is 1. The van der Waals surface area contributed by atoms with E-state index in [-0.39, 0.29) is 16.7 Å². The first-order valence-electron chi connectivity index (χ1n) is 10.6. The van der Waals surface area contributed by atoms with Crippen molar-refractivity contribution < 1.29 is 4.79 Å². The maximum atomic E-state index is 13.1. The fourth-order valence-corrected chi connectivity index (χ4v) is 7.07. The van der Waals surface area contributed by atoms with Gasteiger partial charge >= 0.3 is 0 Å². The summed E-state index contributed by atoms with van der Waals surface area (Å²) < 4.78 is 1.89. The first kappa shape index (κ1) is 19.4. The van der Waals surface area contributed by atoms with Crippen molar-refractivity contribution in [3.8, 4) is 5.69 Å². The van der Waals surface area contributed by atoms with Gasteiger partial charge in [-0.15, -0.1) is 10.2 Å². The molecule has 1 heterocycles. The summed E-state index contributed by atoms with van der Waals surface area (Å²) in [6.07, 6.45) is 9.30. The number of hydrogen-bond acceptors (Lipinski definition) is 4. The SMILES string of the molecule is Cc1ccc(-n2cnnc2SC(C)C(=O)NC23CC4CC(CC(C4)C2)C3)cc1Cl. The van der Waals surface area contributed by atoms with Gasteiger partial charge in [-0.1, -0.05) is 29.4 Å². The number of hydrogen-bond donors (Lipinski definition) is 1. The second-order valence-electron chi connectivity index (χ2n) is 9.36. The smallest absolute Gasteiger partial charge is 0.233 e. The van der Waals surface area contributed by atoms with Crippen LogP contribution in [0.5, 0.6) is 0 Å². The van der Waals surface area contributed by atoms with E-state index in [1.807, 2.05) is 36.6 Å². The zero-order valence-electron chi connectivity index (χ0n) is 16.9. The molecule has 1 amide bonds. The minimum Gasteiger partial charge on any atom is -0.350 e. The molecule has 1 aromatic carbocycles. The van der Waals surface area contributed by atoms with E-state index in [9.17, 15) is 4.79 Å². The number of aryl methyl sites for hydroxylation is 1. The van der Waals surface area contributed by atoms with Crippen molar-refractivity contribution in [1.29, 1.82) is 0 Å². The van der Waals surface area contributed by atoms with Crippen molar-refractivity contribution in [2.45, 2.75) is 68.3 Å². The third-order valence-electron chi connectivity index (χ3n) is 7.03. The predicted octanol–water partition coefficient (Wildman–Crippen LogP) is 4.79. The molecule has 4 fully saturated rings. The van der Waals surface area contributed by atoms with Gasteiger partial charge in [0, 0.05) is 10.6 Å². The number of aromatic nitrogens is 3. The molecule has 1 aromatic heterocycles. The van der Waals surface area contributed by atoms with Gasteiger partial charge in [-0.2, -0.15) is 0 Å². The molecule has 1 atom stereocenters. The summed E-state index contributed by atoms with van der Waals surface area (Å²) >= 11 is 7.74. The van der Waals surface area contributed by atoms with E-state index < -0.39 is 0 Å². The topological polar surface area (TPSA) is 59.8 Å². The van der Waals surface area contributed by atoms with Gasteiger partial charge in [0.15, 0.2) is 5.16 Å². The second-order valence-corrected chi connectivity index (χ2v) is 11.1. The van der Waals surface area contributed by atoms with Gasteiger partial charge in [0.05, 0.1) is 10.9 Å². The van der Waals surface area contributed by atoms with Crippen LogP contribution in [0.1, 0.15) is 51.0 Å². The molecule has 0 aliphatic heterocycles. The van der Waals surface area contributed by atoms with Gasteiger partial charge in [0.1, 0.15) is 6.33 Å². The highest BCUT2D eigenvalue weighted by atomic mass is 35.5. The van der Waals surface area contributed by atoms with Gasteiger partial charge in [-0.05, 0) is 87.8 Å². The molecular weight excluding hydrogens is 404 g/mol. The van der Waals surface area contributed by atoms with Crippen LogP contribution in [0.15, 0.2) is 29.7 Å². The Morgan fingerprint density at radius 2 is 1.90 bits per heavy atom. The Balaban J connectivity index is 1.29. The molecule has 4 aliphatic rings. The molecule has 1 N–H and O–H groups in total. The monoisotopic (exact) mass is 430 g/mol. The molecule has 0 radical (unpaired) electrons. The lowest BCUT2D eigenvalue weighted by Gasteiger charge is -2.57. The molecule has 4 saturated carbocycles. The zero-order chi connectivity index (χ0) is 20.2. The van der Waals surface area contributed by atoms with E-state index in [2.05, 4.69) is 15.5 Å². The fourth-order valence-electron chi connectivity index (χ4n) is 6.05. The van der Waals surface area contributed by atoms with Crippen LogP contribution in [-0.4, -0.2) is 31.5 Å². The van der Waals surface area contributed by atoms with Gasteiger partial charge in [0.25, 0.3) is 0 Å². The number of benzene rings is 1. The van der Waals surface area contributed by atoms with Gasteiger partial charge in [-0.3, -0.25) is 9.36 Å². The average Bonchev–Trinajstić information content (AvgIpc) is 3.10. The number of nitrogens with one attached hydrogen (secondary N) is 1. The highest BCUT2D eigenvalue weighted by molar-refractivity contribution is 8.00. The van der Waals surface area contributed by atoms with Crippen LogP contribution in [-0.2, 0) is 4.79 Å². The number of carbonyl (C=O) groups excluding carboxylic acids is 1. The van der Waals surface area contributed by atoms with Crippen LogP contribution in [0.4, 0.5) is 0 Å². The summed E-state index contributed by atoms with van der Waals surface area (Å²) in [5, 5.41) is 13.0. The Bertz CT molecular complexity index is 907. The van der Waals surface area contributed by atoms with Gasteiger partial charge in [-0.25, -0.2) is 0 Å². The average molecular weight is 431 g/mol. The first-order chi connectivity index (χ1) is 13.9. The van der Waals surface area contributed by atoms with Crippen molar-refractivity contribution >= 4 is 29.3 Å². The normalized spacial score (nSPS) is 31.1. The van der Waals surface area contributed by atoms with Crippen molar-refractivity contribution in [1.82, 2.24) is 20.1 Å². The van der Waals surface area contributed by atoms with Crippen LogP contribution < -0.4 is 5.32 Å². The quantitative estimate of drug-likeness (QED) is 0.692. The van der Waals surface area contributed by atoms with Gasteiger partial charge < -0.3 is 5.32 Å². The second kappa shape index (κ2) is 7.31. The summed E-state index contributed by atoms with van der Waals surface area (Å²) in [5.74, 6) is 2.57. The lowest BCUT2D eigenvalue weighted by Crippen LogP contribution is -2.60. The number of carbonyl (C=O) groups is 1. The molecule has 4 aliphatic carbocycles. The Hall–Kier alpha value is -1.53. The number of nitrogens with zero attached hydrogens (tertiary/aromatic N) is 3. The highest BCUT2D eigenvalue weighted by Gasteiger charge is 2.51. The number of rotatable bonds is 5. The van der Waals surface area contributed by atoms with E-state index in [4.69, 9.17) is 11.6 Å². The molecular formula is C22H27ClN4OS. The Labute approximate surface area is 181 Å². The molecule has 7 heteroatoms. The molecule has 2 aromatic rings. The molecule has 29 heavy (non-hydrogen) atoms. The summed E-state index contributed by atoms with van der Waals surface area (Å²) in [4.78, 5) is 13.1. The van der Waals surface area contributed by atoms with E-state index >= 15 is 0 Å². The van der Waals surface area contributed by atoms with Crippen LogP contribution in [0, 0.1) is 24.7 Å². The van der Waals surface area contributed by atoms with Gasteiger partial charge in [0.2, 0.25) is 5.91 Å². The van der Waals surface area contributed by atoms with E-state index in [1.165, 1.54) is 50.3 Å². The predicted molar refractivity (Wildman–Crippen MR) is 115 cm³/mol. The molecule has 0 saturated heterocycles. The molecule has 154 valence electrons. The van der Waals surface area contributed by atoms with E-state index in [0.717, 1.165) is 29.0 Å². The Morgan fingerprint density at radius 3 is 2.52 bits per heavy atom. The molecule has 0 spiro atoms. The Kier molecular flexibility index (Phi) is 4.90. The third-order valence-corrected chi connectivity index (χ3v) is 8.49. The first-order valence-corrected chi connectivity index (χ1v) is 11.8. The maximum absolute atomic E-state index is 13.1. The number of amides is 1. The number of thioether (sulfide) groups is 1. The van der Waals surface area contributed by atoms with Crippen LogP contribution in [0.25, 0.3) is 5.69 Å².